The Bertz CT molecular complexity index is 375. The monoisotopic (exact) mass is 276 g/mol. The summed E-state index contributed by atoms with van der Waals surface area (Å²) in [6.45, 7) is 5.88. The molecule has 0 unspecified atom stereocenters. The summed E-state index contributed by atoms with van der Waals surface area (Å²) in [5.41, 5.74) is 7.16. The molecule has 3 N–H and O–H groups in total. The summed E-state index contributed by atoms with van der Waals surface area (Å²) in [6, 6.07) is 10.4. The van der Waals surface area contributed by atoms with E-state index in [2.05, 4.69) is 53.4 Å². The maximum Gasteiger partial charge on any atom is 0.188 e. The summed E-state index contributed by atoms with van der Waals surface area (Å²) in [4.78, 5) is 6.64. The van der Waals surface area contributed by atoms with Crippen molar-refractivity contribution in [3.8, 4) is 0 Å². The van der Waals surface area contributed by atoms with Crippen LogP contribution in [-0.2, 0) is 6.42 Å². The zero-order valence-electron chi connectivity index (χ0n) is 12.8. The van der Waals surface area contributed by atoms with Gasteiger partial charge >= 0.3 is 0 Å². The molecule has 1 aromatic carbocycles. The minimum atomic E-state index is 0.546. The van der Waals surface area contributed by atoms with E-state index in [1.807, 2.05) is 6.07 Å². The zero-order chi connectivity index (χ0) is 14.6. The van der Waals surface area contributed by atoms with Crippen molar-refractivity contribution < 1.29 is 0 Å². The van der Waals surface area contributed by atoms with E-state index in [9.17, 15) is 0 Å². The topological polar surface area (TPSA) is 53.6 Å². The molecule has 0 radical (unpaired) electrons. The molecule has 0 bridgehead atoms. The van der Waals surface area contributed by atoms with Crippen molar-refractivity contribution in [1.29, 1.82) is 0 Å². The molecule has 1 aromatic rings. The Hall–Kier alpha value is -1.55. The number of likely N-dealkylation sites (N-methyl/N-ethyl adjacent to an activating group) is 1. The van der Waals surface area contributed by atoms with Gasteiger partial charge in [-0.15, -0.1) is 0 Å². The predicted octanol–water partition coefficient (Wildman–Crippen LogP) is 1.87. The molecule has 112 valence electrons. The lowest BCUT2D eigenvalue weighted by Crippen LogP contribution is -2.34. The lowest BCUT2D eigenvalue weighted by atomic mass is 10.1. The standard InChI is InChI=1S/C16H28N4/c1-3-4-13-20(2)14-12-19-16(17)18-11-10-15-8-6-5-7-9-15/h5-9H,3-4,10-14H2,1-2H3,(H3,17,18,19). The van der Waals surface area contributed by atoms with Gasteiger partial charge in [0.05, 0.1) is 6.54 Å². The lowest BCUT2D eigenvalue weighted by Gasteiger charge is -2.14. The Morgan fingerprint density at radius 1 is 1.25 bits per heavy atom. The van der Waals surface area contributed by atoms with Crippen molar-refractivity contribution >= 4 is 5.96 Å². The molecule has 0 aliphatic heterocycles. The van der Waals surface area contributed by atoms with E-state index in [1.54, 1.807) is 0 Å². The average molecular weight is 276 g/mol. The van der Waals surface area contributed by atoms with Crippen LogP contribution in [0.25, 0.3) is 0 Å². The Labute approximate surface area is 123 Å². The van der Waals surface area contributed by atoms with Crippen LogP contribution in [0, 0.1) is 0 Å². The molecule has 4 heteroatoms. The predicted molar refractivity (Wildman–Crippen MR) is 87.0 cm³/mol. The highest BCUT2D eigenvalue weighted by molar-refractivity contribution is 5.77. The Balaban J connectivity index is 2.12. The fourth-order valence-corrected chi connectivity index (χ4v) is 1.92. The van der Waals surface area contributed by atoms with E-state index in [0.717, 1.165) is 32.6 Å². The van der Waals surface area contributed by atoms with E-state index in [4.69, 9.17) is 5.73 Å². The molecule has 1 rings (SSSR count). The summed E-state index contributed by atoms with van der Waals surface area (Å²) >= 11 is 0. The first-order valence-electron chi connectivity index (χ1n) is 7.48. The van der Waals surface area contributed by atoms with E-state index in [1.165, 1.54) is 18.4 Å². The van der Waals surface area contributed by atoms with Crippen LogP contribution >= 0.6 is 0 Å². The van der Waals surface area contributed by atoms with Gasteiger partial charge in [-0.3, -0.25) is 4.99 Å². The summed E-state index contributed by atoms with van der Waals surface area (Å²) in [7, 11) is 2.13. The van der Waals surface area contributed by atoms with Gasteiger partial charge in [-0.2, -0.15) is 0 Å². The van der Waals surface area contributed by atoms with Crippen molar-refractivity contribution in [1.82, 2.24) is 10.2 Å². The highest BCUT2D eigenvalue weighted by atomic mass is 15.1. The number of benzene rings is 1. The molecule has 0 aliphatic carbocycles. The third kappa shape index (κ3) is 7.79. The molecule has 0 saturated carbocycles. The molecule has 4 nitrogen and oxygen atoms in total. The first-order chi connectivity index (χ1) is 9.72. The van der Waals surface area contributed by atoms with Crippen LogP contribution in [0.5, 0.6) is 0 Å². The number of nitrogens with two attached hydrogens (primary N) is 1. The molecular formula is C16H28N4. The Morgan fingerprint density at radius 2 is 2.00 bits per heavy atom. The fourth-order valence-electron chi connectivity index (χ4n) is 1.92. The average Bonchev–Trinajstić information content (AvgIpc) is 2.46. The quantitative estimate of drug-likeness (QED) is 0.535. The summed E-state index contributed by atoms with van der Waals surface area (Å²) in [5, 5.41) is 3.16. The van der Waals surface area contributed by atoms with E-state index < -0.39 is 0 Å². The molecule has 0 amide bonds. The molecule has 0 saturated heterocycles. The number of nitrogens with one attached hydrogen (secondary N) is 1. The molecule has 20 heavy (non-hydrogen) atoms. The van der Waals surface area contributed by atoms with Crippen LogP contribution in [0.1, 0.15) is 25.3 Å². The zero-order valence-corrected chi connectivity index (χ0v) is 12.8. The second-order valence-electron chi connectivity index (χ2n) is 5.09. The first-order valence-corrected chi connectivity index (χ1v) is 7.48. The fraction of sp³-hybridized carbons (Fsp3) is 0.562. The maximum absolute atomic E-state index is 5.84. The van der Waals surface area contributed by atoms with Gasteiger partial charge in [0.25, 0.3) is 0 Å². The van der Waals surface area contributed by atoms with Gasteiger partial charge in [0.2, 0.25) is 0 Å². The van der Waals surface area contributed by atoms with Gasteiger partial charge in [-0.25, -0.2) is 0 Å². The van der Waals surface area contributed by atoms with Crippen molar-refractivity contribution in [2.45, 2.75) is 26.2 Å². The first kappa shape index (κ1) is 16.5. The molecule has 0 heterocycles. The SMILES string of the molecule is CCCCN(C)CCN=C(N)NCCc1ccccc1. The highest BCUT2D eigenvalue weighted by Gasteiger charge is 1.97. The second-order valence-corrected chi connectivity index (χ2v) is 5.09. The number of rotatable bonds is 9. The number of hydrogen-bond donors (Lipinski definition) is 2. The minimum absolute atomic E-state index is 0.546. The Kier molecular flexibility index (Phi) is 8.47. The van der Waals surface area contributed by atoms with Gasteiger partial charge in [0, 0.05) is 13.1 Å². The smallest absolute Gasteiger partial charge is 0.188 e. The molecular weight excluding hydrogens is 248 g/mol. The van der Waals surface area contributed by atoms with Crippen LogP contribution < -0.4 is 11.1 Å². The second kappa shape index (κ2) is 10.3. The third-order valence-electron chi connectivity index (χ3n) is 3.22. The largest absolute Gasteiger partial charge is 0.370 e. The minimum Gasteiger partial charge on any atom is -0.370 e. The number of unbranched alkanes of at least 4 members (excludes halogenated alkanes) is 1. The van der Waals surface area contributed by atoms with Gasteiger partial charge in [-0.1, -0.05) is 43.7 Å². The molecule has 0 fully saturated rings. The summed E-state index contributed by atoms with van der Waals surface area (Å²) in [5.74, 6) is 0.546. The van der Waals surface area contributed by atoms with Crippen molar-refractivity contribution in [2.24, 2.45) is 10.7 Å². The van der Waals surface area contributed by atoms with Crippen LogP contribution in [0.4, 0.5) is 0 Å². The normalized spacial score (nSPS) is 11.8. The Morgan fingerprint density at radius 3 is 2.70 bits per heavy atom. The van der Waals surface area contributed by atoms with Gasteiger partial charge < -0.3 is 16.0 Å². The van der Waals surface area contributed by atoms with Gasteiger partial charge in [0.1, 0.15) is 0 Å². The van der Waals surface area contributed by atoms with E-state index in [0.29, 0.717) is 5.96 Å². The molecule has 0 atom stereocenters. The third-order valence-corrected chi connectivity index (χ3v) is 3.22. The van der Waals surface area contributed by atoms with Crippen LogP contribution in [0.3, 0.4) is 0 Å². The van der Waals surface area contributed by atoms with Crippen LogP contribution in [0.15, 0.2) is 35.3 Å². The van der Waals surface area contributed by atoms with Crippen molar-refractivity contribution in [2.75, 3.05) is 33.2 Å². The summed E-state index contributed by atoms with van der Waals surface area (Å²) in [6.07, 6.45) is 3.44. The van der Waals surface area contributed by atoms with Gasteiger partial charge in [0.15, 0.2) is 5.96 Å². The van der Waals surface area contributed by atoms with Crippen LogP contribution in [0.2, 0.25) is 0 Å². The van der Waals surface area contributed by atoms with Crippen LogP contribution in [-0.4, -0.2) is 44.1 Å². The van der Waals surface area contributed by atoms with E-state index in [-0.39, 0.29) is 0 Å². The number of nitrogens with zero attached hydrogens (tertiary/aromatic N) is 2. The van der Waals surface area contributed by atoms with E-state index >= 15 is 0 Å². The number of guanidine groups is 1. The molecule has 0 spiro atoms. The summed E-state index contributed by atoms with van der Waals surface area (Å²) < 4.78 is 0. The molecule has 0 aliphatic rings. The molecule has 0 aromatic heterocycles. The lowest BCUT2D eigenvalue weighted by molar-refractivity contribution is 0.337. The number of hydrogen-bond acceptors (Lipinski definition) is 2. The number of aliphatic imine (C=N–C) groups is 1. The highest BCUT2D eigenvalue weighted by Crippen LogP contribution is 1.97. The maximum atomic E-state index is 5.84. The van der Waals surface area contributed by atoms with Gasteiger partial charge in [-0.05, 0) is 32.0 Å². The van der Waals surface area contributed by atoms with Crippen molar-refractivity contribution in [3.63, 3.8) is 0 Å². The van der Waals surface area contributed by atoms with Crippen molar-refractivity contribution in [3.05, 3.63) is 35.9 Å².